The van der Waals surface area contributed by atoms with Gasteiger partial charge in [0.2, 0.25) is 5.82 Å². The van der Waals surface area contributed by atoms with E-state index in [-0.39, 0.29) is 0 Å². The number of aromatic amines is 1. The van der Waals surface area contributed by atoms with Crippen molar-refractivity contribution in [3.63, 3.8) is 0 Å². The number of nitrogens with one attached hydrogen (secondary N) is 1. The van der Waals surface area contributed by atoms with E-state index in [1.165, 1.54) is 0 Å². The first-order chi connectivity index (χ1) is 10.6. The summed E-state index contributed by atoms with van der Waals surface area (Å²) in [5.41, 5.74) is 9.16. The van der Waals surface area contributed by atoms with E-state index in [0.717, 1.165) is 21.3 Å². The van der Waals surface area contributed by atoms with Crippen LogP contribution in [0.5, 0.6) is 0 Å². The van der Waals surface area contributed by atoms with E-state index >= 15 is 0 Å². The number of benzene rings is 1. The molecule has 0 radical (unpaired) electrons. The molecule has 2 aromatic heterocycles. The summed E-state index contributed by atoms with van der Waals surface area (Å²) >= 11 is 3.54. The molecule has 0 aliphatic carbocycles. The Balaban J connectivity index is 1.93. The first kappa shape index (κ1) is 14.9. The summed E-state index contributed by atoms with van der Waals surface area (Å²) in [6.45, 7) is 4.68. The number of nitrogens with two attached hydrogens (primary N) is 1. The van der Waals surface area contributed by atoms with E-state index in [1.54, 1.807) is 0 Å². The van der Waals surface area contributed by atoms with Gasteiger partial charge in [-0.3, -0.25) is 5.10 Å². The smallest absolute Gasteiger partial charge is 0.279 e. The van der Waals surface area contributed by atoms with Crippen molar-refractivity contribution in [3.05, 3.63) is 40.0 Å². The molecule has 114 valence electrons. The van der Waals surface area contributed by atoms with E-state index in [1.807, 2.05) is 24.3 Å². The topological polar surface area (TPSA) is 93.6 Å². The molecule has 0 spiro atoms. The predicted molar refractivity (Wildman–Crippen MR) is 87.0 cm³/mol. The van der Waals surface area contributed by atoms with Gasteiger partial charge in [0.1, 0.15) is 0 Å². The zero-order chi connectivity index (χ0) is 15.7. The van der Waals surface area contributed by atoms with Crippen LogP contribution in [-0.4, -0.2) is 20.3 Å². The number of hydrogen-bond acceptors (Lipinski definition) is 5. The molecule has 2 heterocycles. The zero-order valence-electron chi connectivity index (χ0n) is 12.3. The fraction of sp³-hybridized carbons (Fsp3) is 0.267. The molecule has 7 heteroatoms. The number of nitrogens with zero attached hydrogens (tertiary/aromatic N) is 3. The SMILES string of the molecule is CC(C)c1[nH]nc(-c2nc(-c3ccc(CN)cc3)no2)c1Br. The minimum absolute atomic E-state index is 0.321. The Morgan fingerprint density at radius 1 is 1.27 bits per heavy atom. The average Bonchev–Trinajstić information content (AvgIpc) is 3.13. The lowest BCUT2D eigenvalue weighted by Crippen LogP contribution is -1.95. The molecule has 0 bridgehead atoms. The molecule has 0 fully saturated rings. The van der Waals surface area contributed by atoms with E-state index in [9.17, 15) is 0 Å². The summed E-state index contributed by atoms with van der Waals surface area (Å²) in [6.07, 6.45) is 0. The van der Waals surface area contributed by atoms with Crippen molar-refractivity contribution in [1.82, 2.24) is 20.3 Å². The van der Waals surface area contributed by atoms with Gasteiger partial charge < -0.3 is 10.3 Å². The van der Waals surface area contributed by atoms with Gasteiger partial charge in [-0.2, -0.15) is 10.1 Å². The molecule has 0 aliphatic rings. The van der Waals surface area contributed by atoms with Crippen LogP contribution in [0.3, 0.4) is 0 Å². The fourth-order valence-corrected chi connectivity index (χ4v) is 2.90. The lowest BCUT2D eigenvalue weighted by Gasteiger charge is -1.99. The zero-order valence-corrected chi connectivity index (χ0v) is 13.9. The first-order valence-corrected chi connectivity index (χ1v) is 7.76. The summed E-state index contributed by atoms with van der Waals surface area (Å²) < 4.78 is 6.19. The van der Waals surface area contributed by atoms with Gasteiger partial charge in [-0.25, -0.2) is 0 Å². The van der Waals surface area contributed by atoms with Crippen LogP contribution in [0.4, 0.5) is 0 Å². The van der Waals surface area contributed by atoms with Gasteiger partial charge in [0.05, 0.1) is 10.2 Å². The Bertz CT molecular complexity index is 776. The highest BCUT2D eigenvalue weighted by molar-refractivity contribution is 9.10. The molecule has 0 saturated heterocycles. The monoisotopic (exact) mass is 361 g/mol. The standard InChI is InChI=1S/C15H16BrN5O/c1-8(2)12-11(16)13(20-19-12)15-18-14(21-22-15)10-5-3-9(7-17)4-6-10/h3-6,8H,7,17H2,1-2H3,(H,19,20). The van der Waals surface area contributed by atoms with Crippen LogP contribution in [0.2, 0.25) is 0 Å². The average molecular weight is 362 g/mol. The minimum atomic E-state index is 0.321. The number of halogens is 1. The van der Waals surface area contributed by atoms with Gasteiger partial charge in [0.15, 0.2) is 5.69 Å². The van der Waals surface area contributed by atoms with E-state index < -0.39 is 0 Å². The van der Waals surface area contributed by atoms with Crippen LogP contribution in [0, 0.1) is 0 Å². The third kappa shape index (κ3) is 2.69. The second-order valence-corrected chi connectivity index (χ2v) is 6.07. The lowest BCUT2D eigenvalue weighted by molar-refractivity contribution is 0.430. The molecule has 1 aromatic carbocycles. The Hall–Kier alpha value is -1.99. The summed E-state index contributed by atoms with van der Waals surface area (Å²) in [7, 11) is 0. The van der Waals surface area contributed by atoms with Crippen LogP contribution in [0.15, 0.2) is 33.3 Å². The molecule has 3 rings (SSSR count). The van der Waals surface area contributed by atoms with Crippen molar-refractivity contribution in [1.29, 1.82) is 0 Å². The minimum Gasteiger partial charge on any atom is -0.332 e. The maximum Gasteiger partial charge on any atom is 0.279 e. The molecule has 0 unspecified atom stereocenters. The first-order valence-electron chi connectivity index (χ1n) is 6.97. The largest absolute Gasteiger partial charge is 0.332 e. The van der Waals surface area contributed by atoms with Gasteiger partial charge in [0.25, 0.3) is 5.89 Å². The Morgan fingerprint density at radius 3 is 2.59 bits per heavy atom. The molecular weight excluding hydrogens is 346 g/mol. The molecular formula is C15H16BrN5O. The van der Waals surface area contributed by atoms with Crippen molar-refractivity contribution in [2.45, 2.75) is 26.3 Å². The van der Waals surface area contributed by atoms with E-state index in [0.29, 0.717) is 29.9 Å². The van der Waals surface area contributed by atoms with E-state index in [2.05, 4.69) is 50.1 Å². The van der Waals surface area contributed by atoms with Crippen LogP contribution in [0.1, 0.15) is 31.0 Å². The van der Waals surface area contributed by atoms with Crippen LogP contribution >= 0.6 is 15.9 Å². The van der Waals surface area contributed by atoms with Crippen LogP contribution in [-0.2, 0) is 6.54 Å². The fourth-order valence-electron chi connectivity index (χ4n) is 2.09. The number of rotatable bonds is 4. The summed E-state index contributed by atoms with van der Waals surface area (Å²) in [4.78, 5) is 4.42. The molecule has 0 amide bonds. The highest BCUT2D eigenvalue weighted by atomic mass is 79.9. The second-order valence-electron chi connectivity index (χ2n) is 5.28. The maximum atomic E-state index is 5.60. The van der Waals surface area contributed by atoms with E-state index in [4.69, 9.17) is 10.3 Å². The third-order valence-corrected chi connectivity index (χ3v) is 4.19. The Labute approximate surface area is 136 Å². The Kier molecular flexibility index (Phi) is 4.08. The highest BCUT2D eigenvalue weighted by Crippen LogP contribution is 2.32. The van der Waals surface area contributed by atoms with Crippen molar-refractivity contribution in [3.8, 4) is 23.0 Å². The molecule has 6 nitrogen and oxygen atoms in total. The number of hydrogen-bond donors (Lipinski definition) is 2. The Morgan fingerprint density at radius 2 is 2.00 bits per heavy atom. The van der Waals surface area contributed by atoms with Gasteiger partial charge in [0, 0.05) is 12.1 Å². The molecule has 0 saturated carbocycles. The molecule has 0 aliphatic heterocycles. The third-order valence-electron chi connectivity index (χ3n) is 3.39. The van der Waals surface area contributed by atoms with Crippen molar-refractivity contribution >= 4 is 15.9 Å². The molecule has 3 N–H and O–H groups in total. The molecule has 3 aromatic rings. The second kappa shape index (κ2) is 6.02. The van der Waals surface area contributed by atoms with Gasteiger partial charge in [-0.1, -0.05) is 43.3 Å². The van der Waals surface area contributed by atoms with Gasteiger partial charge in [-0.05, 0) is 27.4 Å². The van der Waals surface area contributed by atoms with Gasteiger partial charge in [-0.15, -0.1) is 0 Å². The van der Waals surface area contributed by atoms with Crippen molar-refractivity contribution < 1.29 is 4.52 Å². The van der Waals surface area contributed by atoms with Crippen LogP contribution < -0.4 is 5.73 Å². The quantitative estimate of drug-likeness (QED) is 0.741. The maximum absolute atomic E-state index is 5.60. The molecule has 0 atom stereocenters. The summed E-state index contributed by atoms with van der Waals surface area (Å²) in [5.74, 6) is 1.23. The van der Waals surface area contributed by atoms with Crippen molar-refractivity contribution in [2.24, 2.45) is 5.73 Å². The van der Waals surface area contributed by atoms with Crippen LogP contribution in [0.25, 0.3) is 23.0 Å². The molecule has 22 heavy (non-hydrogen) atoms. The van der Waals surface area contributed by atoms with Crippen molar-refractivity contribution in [2.75, 3.05) is 0 Å². The lowest BCUT2D eigenvalue weighted by atomic mass is 10.1. The van der Waals surface area contributed by atoms with Gasteiger partial charge >= 0.3 is 0 Å². The predicted octanol–water partition coefficient (Wildman–Crippen LogP) is 3.47. The normalized spacial score (nSPS) is 11.3. The highest BCUT2D eigenvalue weighted by Gasteiger charge is 2.20. The summed E-state index contributed by atoms with van der Waals surface area (Å²) in [5, 5.41) is 11.3. The number of aromatic nitrogens is 4. The summed E-state index contributed by atoms with van der Waals surface area (Å²) in [6, 6.07) is 7.76. The number of H-pyrrole nitrogens is 1.